The number of esters is 2. The highest BCUT2D eigenvalue weighted by Gasteiger charge is 2.17. The molecule has 0 radical (unpaired) electrons. The van der Waals surface area contributed by atoms with Crippen molar-refractivity contribution in [2.24, 2.45) is 0 Å². The summed E-state index contributed by atoms with van der Waals surface area (Å²) in [5.74, 6) is -0.430. The molecule has 0 rings (SSSR count). The van der Waals surface area contributed by atoms with E-state index in [1.807, 2.05) is 0 Å². The van der Waals surface area contributed by atoms with Crippen molar-refractivity contribution in [1.29, 1.82) is 0 Å². The number of ether oxygens (including phenoxy) is 3. The van der Waals surface area contributed by atoms with Gasteiger partial charge in [-0.25, -0.2) is 0 Å². The lowest BCUT2D eigenvalue weighted by molar-refractivity contribution is -0.163. The van der Waals surface area contributed by atoms with Crippen molar-refractivity contribution in [1.82, 2.24) is 0 Å². The van der Waals surface area contributed by atoms with Crippen LogP contribution in [0.3, 0.4) is 0 Å². The zero-order valence-electron chi connectivity index (χ0n) is 41.1. The highest BCUT2D eigenvalue weighted by atomic mass is 16.6. The third-order valence-corrected chi connectivity index (χ3v) is 11.2. The average molecular weight is 865 g/mol. The Morgan fingerprint density at radius 2 is 0.710 bits per heavy atom. The minimum atomic E-state index is -0.554. The Hall–Kier alpha value is -2.66. The lowest BCUT2D eigenvalue weighted by Crippen LogP contribution is -2.30. The van der Waals surface area contributed by atoms with E-state index in [1.54, 1.807) is 0 Å². The Balaban J connectivity index is 4.30. The summed E-state index contributed by atoms with van der Waals surface area (Å²) in [6.07, 6.45) is 67.6. The number of hydrogen-bond acceptors (Lipinski definition) is 5. The molecule has 62 heavy (non-hydrogen) atoms. The van der Waals surface area contributed by atoms with Gasteiger partial charge in [-0.2, -0.15) is 0 Å². The molecule has 0 amide bonds. The fourth-order valence-electron chi connectivity index (χ4n) is 7.20. The minimum Gasteiger partial charge on any atom is -0.462 e. The van der Waals surface area contributed by atoms with Crippen molar-refractivity contribution >= 4 is 11.9 Å². The number of carbonyl (C=O) groups excluding carboxylic acids is 2. The number of hydrogen-bond donors (Lipinski definition) is 0. The zero-order valence-corrected chi connectivity index (χ0v) is 41.1. The van der Waals surface area contributed by atoms with Gasteiger partial charge in [0.15, 0.2) is 6.10 Å². The molecule has 0 aromatic carbocycles. The lowest BCUT2D eigenvalue weighted by Gasteiger charge is -2.18. The maximum Gasteiger partial charge on any atom is 0.306 e. The van der Waals surface area contributed by atoms with Crippen LogP contribution in [0.5, 0.6) is 0 Å². The van der Waals surface area contributed by atoms with Crippen molar-refractivity contribution in [3.05, 3.63) is 72.9 Å². The topological polar surface area (TPSA) is 61.8 Å². The molecule has 5 heteroatoms. The molecule has 5 nitrogen and oxygen atoms in total. The van der Waals surface area contributed by atoms with Gasteiger partial charge >= 0.3 is 11.9 Å². The van der Waals surface area contributed by atoms with Gasteiger partial charge in [-0.15, -0.1) is 0 Å². The van der Waals surface area contributed by atoms with Crippen LogP contribution in [0, 0.1) is 0 Å². The maximum absolute atomic E-state index is 12.8. The lowest BCUT2D eigenvalue weighted by atomic mass is 10.1. The van der Waals surface area contributed by atoms with E-state index in [-0.39, 0.29) is 25.2 Å². The molecule has 0 saturated heterocycles. The summed E-state index contributed by atoms with van der Waals surface area (Å²) in [5, 5.41) is 0. The van der Waals surface area contributed by atoms with Crippen LogP contribution in [0.1, 0.15) is 252 Å². The van der Waals surface area contributed by atoms with Crippen LogP contribution in [0.4, 0.5) is 0 Å². The van der Waals surface area contributed by atoms with Crippen molar-refractivity contribution in [2.45, 2.75) is 258 Å². The second-order valence-electron chi connectivity index (χ2n) is 17.4. The predicted molar refractivity (Wildman–Crippen MR) is 270 cm³/mol. The first-order valence-electron chi connectivity index (χ1n) is 26.5. The molecule has 1 unspecified atom stereocenters. The number of rotatable bonds is 48. The Morgan fingerprint density at radius 1 is 0.355 bits per heavy atom. The fraction of sp³-hybridized carbons (Fsp3) is 0.754. The summed E-state index contributed by atoms with van der Waals surface area (Å²) >= 11 is 0. The third-order valence-electron chi connectivity index (χ3n) is 11.2. The normalized spacial score (nSPS) is 12.8. The molecular weight excluding hydrogens is 765 g/mol. The molecule has 0 aliphatic rings. The third kappa shape index (κ3) is 50.0. The first-order valence-corrected chi connectivity index (χ1v) is 26.5. The molecule has 0 spiro atoms. The molecular formula is C57H100O5. The van der Waals surface area contributed by atoms with E-state index in [1.165, 1.54) is 128 Å². The van der Waals surface area contributed by atoms with Gasteiger partial charge in [-0.1, -0.05) is 203 Å². The van der Waals surface area contributed by atoms with Crippen LogP contribution in [0.25, 0.3) is 0 Å². The van der Waals surface area contributed by atoms with E-state index >= 15 is 0 Å². The first kappa shape index (κ1) is 59.3. The van der Waals surface area contributed by atoms with E-state index in [0.29, 0.717) is 19.4 Å². The van der Waals surface area contributed by atoms with Crippen molar-refractivity contribution in [2.75, 3.05) is 19.8 Å². The van der Waals surface area contributed by atoms with Gasteiger partial charge < -0.3 is 14.2 Å². The van der Waals surface area contributed by atoms with E-state index in [9.17, 15) is 9.59 Å². The van der Waals surface area contributed by atoms with Gasteiger partial charge in [-0.3, -0.25) is 9.59 Å². The van der Waals surface area contributed by atoms with Gasteiger partial charge in [-0.05, 0) is 109 Å². The quantitative estimate of drug-likeness (QED) is 0.0346. The Labute approximate surface area is 385 Å². The van der Waals surface area contributed by atoms with Crippen LogP contribution < -0.4 is 0 Å². The largest absolute Gasteiger partial charge is 0.462 e. The first-order chi connectivity index (χ1) is 30.6. The predicted octanol–water partition coefficient (Wildman–Crippen LogP) is 17.9. The monoisotopic (exact) mass is 865 g/mol. The van der Waals surface area contributed by atoms with E-state index in [4.69, 9.17) is 14.2 Å². The van der Waals surface area contributed by atoms with Gasteiger partial charge in [0, 0.05) is 19.4 Å². The van der Waals surface area contributed by atoms with Crippen molar-refractivity contribution in [3.63, 3.8) is 0 Å². The van der Waals surface area contributed by atoms with Gasteiger partial charge in [0.1, 0.15) is 6.61 Å². The summed E-state index contributed by atoms with van der Waals surface area (Å²) in [7, 11) is 0. The maximum atomic E-state index is 12.8. The van der Waals surface area contributed by atoms with Crippen LogP contribution in [-0.4, -0.2) is 37.9 Å². The fourth-order valence-corrected chi connectivity index (χ4v) is 7.20. The smallest absolute Gasteiger partial charge is 0.306 e. The zero-order chi connectivity index (χ0) is 44.9. The minimum absolute atomic E-state index is 0.0682. The van der Waals surface area contributed by atoms with Crippen molar-refractivity contribution < 1.29 is 23.8 Å². The number of allylic oxidation sites excluding steroid dienone is 12. The van der Waals surface area contributed by atoms with Gasteiger partial charge in [0.2, 0.25) is 0 Å². The average Bonchev–Trinajstić information content (AvgIpc) is 3.27. The molecule has 0 saturated carbocycles. The number of unbranched alkanes of at least 4 members (excludes halogenated alkanes) is 25. The Bertz CT molecular complexity index is 1110. The Morgan fingerprint density at radius 3 is 1.13 bits per heavy atom. The Kier molecular flexibility index (Phi) is 50.4. The second-order valence-corrected chi connectivity index (χ2v) is 17.4. The van der Waals surface area contributed by atoms with Crippen LogP contribution in [-0.2, 0) is 23.8 Å². The molecule has 0 fully saturated rings. The molecule has 1 atom stereocenters. The van der Waals surface area contributed by atoms with E-state index < -0.39 is 6.10 Å². The molecule has 0 heterocycles. The van der Waals surface area contributed by atoms with E-state index in [2.05, 4.69) is 93.7 Å². The summed E-state index contributed by atoms with van der Waals surface area (Å²) < 4.78 is 17.4. The summed E-state index contributed by atoms with van der Waals surface area (Å²) in [6.45, 7) is 7.68. The molecule has 0 aliphatic heterocycles. The summed E-state index contributed by atoms with van der Waals surface area (Å²) in [4.78, 5) is 25.4. The highest BCUT2D eigenvalue weighted by molar-refractivity contribution is 5.70. The molecule has 0 aliphatic carbocycles. The molecule has 0 aromatic heterocycles. The van der Waals surface area contributed by atoms with Crippen LogP contribution >= 0.6 is 0 Å². The standard InChI is InChI=1S/C57H100O5/c1-4-7-10-13-16-19-22-25-27-28-29-31-34-37-40-43-46-49-52-60-53-55(62-57(59)51-48-45-42-39-36-32-24-21-18-15-12-9-6-3)54-61-56(58)50-47-44-41-38-35-33-30-26-23-20-17-14-11-8-5-2/h12,15-17,19-21,24-27,30,55H,4-11,13-14,18,22-23,28-29,31-54H2,1-3H3/b15-12-,19-16-,20-17-,24-21-,27-25-,30-26-. The summed E-state index contributed by atoms with van der Waals surface area (Å²) in [6, 6.07) is 0. The number of carbonyl (C=O) groups is 2. The molecule has 0 bridgehead atoms. The van der Waals surface area contributed by atoms with Gasteiger partial charge in [0.25, 0.3) is 0 Å². The molecule has 0 aromatic rings. The van der Waals surface area contributed by atoms with E-state index in [0.717, 1.165) is 89.9 Å². The van der Waals surface area contributed by atoms with Crippen LogP contribution in [0.2, 0.25) is 0 Å². The SMILES string of the molecule is CCC/C=C\C/C=C\CCCCCCCC(=O)OC(COCCCCCCCCCC/C=C\C/C=C\CCCCC)COC(=O)CCCCCCC/C=C\C/C=C\CCCCC. The van der Waals surface area contributed by atoms with Crippen LogP contribution in [0.15, 0.2) is 72.9 Å². The summed E-state index contributed by atoms with van der Waals surface area (Å²) in [5.41, 5.74) is 0. The second kappa shape index (κ2) is 52.7. The van der Waals surface area contributed by atoms with Crippen molar-refractivity contribution in [3.8, 4) is 0 Å². The highest BCUT2D eigenvalue weighted by Crippen LogP contribution is 2.13. The van der Waals surface area contributed by atoms with Gasteiger partial charge in [0.05, 0.1) is 6.61 Å². The molecule has 0 N–H and O–H groups in total. The molecule has 358 valence electrons.